The molecule has 16 heavy (non-hydrogen) atoms. The first-order valence-corrected chi connectivity index (χ1v) is 7.39. The lowest BCUT2D eigenvalue weighted by molar-refractivity contribution is 0.0966. The van der Waals surface area contributed by atoms with Crippen molar-refractivity contribution in [3.63, 3.8) is 0 Å². The predicted octanol–water partition coefficient (Wildman–Crippen LogP) is 3.23. The molecule has 1 N–H and O–H groups in total. The van der Waals surface area contributed by atoms with Gasteiger partial charge in [0, 0.05) is 17.1 Å². The van der Waals surface area contributed by atoms with E-state index in [-0.39, 0.29) is 10.9 Å². The highest BCUT2D eigenvalue weighted by atomic mass is 32.2. The maximum atomic E-state index is 9.82. The van der Waals surface area contributed by atoms with Crippen molar-refractivity contribution in [3.05, 3.63) is 0 Å². The van der Waals surface area contributed by atoms with Crippen LogP contribution >= 0.6 is 11.8 Å². The highest BCUT2D eigenvalue weighted by Crippen LogP contribution is 2.25. The zero-order chi connectivity index (χ0) is 12.0. The molecule has 1 rings (SSSR count). The van der Waals surface area contributed by atoms with Crippen molar-refractivity contribution in [1.29, 1.82) is 0 Å². The third kappa shape index (κ3) is 6.77. The second-order valence-corrected chi connectivity index (χ2v) is 7.49. The van der Waals surface area contributed by atoms with E-state index in [1.165, 1.54) is 12.8 Å². The molecular weight excluding hydrogens is 220 g/mol. The van der Waals surface area contributed by atoms with Gasteiger partial charge in [-0.05, 0) is 32.1 Å². The molecule has 0 bridgehead atoms. The highest BCUT2D eigenvalue weighted by molar-refractivity contribution is 8.00. The van der Waals surface area contributed by atoms with Gasteiger partial charge < -0.3 is 9.84 Å². The fraction of sp³-hybridized carbons (Fsp3) is 1.00. The van der Waals surface area contributed by atoms with Crippen LogP contribution in [0, 0.1) is 0 Å². The summed E-state index contributed by atoms with van der Waals surface area (Å²) in [7, 11) is 0. The smallest absolute Gasteiger partial charge is 0.0630 e. The lowest BCUT2D eigenvalue weighted by atomic mass is 10.1. The van der Waals surface area contributed by atoms with Crippen LogP contribution in [-0.2, 0) is 4.74 Å². The van der Waals surface area contributed by atoms with Gasteiger partial charge in [-0.25, -0.2) is 0 Å². The molecule has 0 saturated carbocycles. The summed E-state index contributed by atoms with van der Waals surface area (Å²) in [5, 5.41) is 9.82. The molecule has 0 spiro atoms. The molecule has 1 aliphatic rings. The summed E-state index contributed by atoms with van der Waals surface area (Å²) in [5.74, 6) is 0.856. The van der Waals surface area contributed by atoms with Crippen molar-refractivity contribution in [1.82, 2.24) is 0 Å². The summed E-state index contributed by atoms with van der Waals surface area (Å²) in [4.78, 5) is 0. The first-order valence-electron chi connectivity index (χ1n) is 6.41. The minimum absolute atomic E-state index is 0.148. The maximum absolute atomic E-state index is 9.82. The molecule has 3 heteroatoms. The number of ether oxygens (including phenoxy) is 1. The van der Waals surface area contributed by atoms with Crippen LogP contribution in [0.4, 0.5) is 0 Å². The average Bonchev–Trinajstić information content (AvgIpc) is 2.66. The van der Waals surface area contributed by atoms with Gasteiger partial charge in [-0.2, -0.15) is 11.8 Å². The van der Waals surface area contributed by atoms with E-state index in [1.807, 2.05) is 11.8 Å². The van der Waals surface area contributed by atoms with Gasteiger partial charge in [0.15, 0.2) is 0 Å². The normalized spacial score (nSPS) is 23.6. The molecule has 0 aromatic rings. The minimum atomic E-state index is -0.148. The molecule has 2 atom stereocenters. The number of hydrogen-bond acceptors (Lipinski definition) is 3. The second-order valence-electron chi connectivity index (χ2n) is 5.64. The van der Waals surface area contributed by atoms with Crippen molar-refractivity contribution >= 4 is 11.8 Å². The number of aliphatic hydroxyl groups is 1. The zero-order valence-electron chi connectivity index (χ0n) is 10.9. The van der Waals surface area contributed by atoms with Crippen LogP contribution in [0.5, 0.6) is 0 Å². The van der Waals surface area contributed by atoms with Crippen LogP contribution in [0.2, 0.25) is 0 Å². The number of hydrogen-bond donors (Lipinski definition) is 1. The van der Waals surface area contributed by atoms with E-state index in [4.69, 9.17) is 4.74 Å². The molecule has 1 fully saturated rings. The first kappa shape index (κ1) is 14.3. The molecule has 0 radical (unpaired) electrons. The van der Waals surface area contributed by atoms with Gasteiger partial charge in [0.2, 0.25) is 0 Å². The fourth-order valence-electron chi connectivity index (χ4n) is 1.88. The standard InChI is InChI=1S/C13H26O2S/c1-13(2,3)16-10-11(14)6-4-7-12-8-5-9-15-12/h11-12,14H,4-10H2,1-3H3. The molecule has 2 unspecified atom stereocenters. The van der Waals surface area contributed by atoms with Crippen molar-refractivity contribution in [2.45, 2.75) is 69.8 Å². The van der Waals surface area contributed by atoms with E-state index < -0.39 is 0 Å². The summed E-state index contributed by atoms with van der Waals surface area (Å²) < 4.78 is 5.82. The second kappa shape index (κ2) is 6.87. The molecule has 1 aliphatic heterocycles. The van der Waals surface area contributed by atoms with Gasteiger partial charge in [0.05, 0.1) is 12.2 Å². The summed E-state index contributed by atoms with van der Waals surface area (Å²) in [6.07, 6.45) is 5.89. The maximum Gasteiger partial charge on any atom is 0.0630 e. The number of rotatable bonds is 6. The van der Waals surface area contributed by atoms with E-state index in [9.17, 15) is 5.11 Å². The van der Waals surface area contributed by atoms with E-state index in [2.05, 4.69) is 20.8 Å². The number of thioether (sulfide) groups is 1. The number of aliphatic hydroxyl groups excluding tert-OH is 1. The van der Waals surface area contributed by atoms with E-state index in [0.717, 1.165) is 31.6 Å². The molecule has 1 heterocycles. The van der Waals surface area contributed by atoms with Gasteiger partial charge >= 0.3 is 0 Å². The van der Waals surface area contributed by atoms with E-state index in [1.54, 1.807) is 0 Å². The van der Waals surface area contributed by atoms with Crippen molar-refractivity contribution < 1.29 is 9.84 Å². The molecular formula is C13H26O2S. The van der Waals surface area contributed by atoms with Crippen LogP contribution in [0.15, 0.2) is 0 Å². The predicted molar refractivity (Wildman–Crippen MR) is 71.0 cm³/mol. The Morgan fingerprint density at radius 3 is 2.75 bits per heavy atom. The summed E-state index contributed by atoms with van der Waals surface area (Å²) in [5.41, 5.74) is 0. The van der Waals surface area contributed by atoms with Gasteiger partial charge in [-0.1, -0.05) is 20.8 Å². The Labute approximate surface area is 104 Å². The largest absolute Gasteiger partial charge is 0.392 e. The van der Waals surface area contributed by atoms with Gasteiger partial charge in [0.1, 0.15) is 0 Å². The molecule has 0 amide bonds. The Balaban J connectivity index is 1.99. The zero-order valence-corrected chi connectivity index (χ0v) is 11.7. The molecule has 2 nitrogen and oxygen atoms in total. The Hall–Kier alpha value is 0.270. The Morgan fingerprint density at radius 2 is 2.19 bits per heavy atom. The third-order valence-corrected chi connectivity index (χ3v) is 4.21. The van der Waals surface area contributed by atoms with Crippen LogP contribution in [-0.4, -0.2) is 34.4 Å². The highest BCUT2D eigenvalue weighted by Gasteiger charge is 2.17. The summed E-state index contributed by atoms with van der Waals surface area (Å²) >= 11 is 1.84. The summed E-state index contributed by atoms with van der Waals surface area (Å²) in [6, 6.07) is 0. The van der Waals surface area contributed by atoms with Crippen LogP contribution < -0.4 is 0 Å². The van der Waals surface area contributed by atoms with Crippen LogP contribution in [0.3, 0.4) is 0 Å². The fourth-order valence-corrected chi connectivity index (χ4v) is 2.74. The Kier molecular flexibility index (Phi) is 6.16. The Morgan fingerprint density at radius 1 is 1.44 bits per heavy atom. The van der Waals surface area contributed by atoms with Crippen LogP contribution in [0.25, 0.3) is 0 Å². The lowest BCUT2D eigenvalue weighted by Crippen LogP contribution is -2.17. The SMILES string of the molecule is CC(C)(C)SCC(O)CCCC1CCCO1. The monoisotopic (exact) mass is 246 g/mol. The van der Waals surface area contributed by atoms with Crippen molar-refractivity contribution in [2.75, 3.05) is 12.4 Å². The minimum Gasteiger partial charge on any atom is -0.392 e. The lowest BCUT2D eigenvalue weighted by Gasteiger charge is -2.20. The first-order chi connectivity index (χ1) is 7.47. The molecule has 0 aromatic carbocycles. The Bertz CT molecular complexity index is 183. The molecule has 1 saturated heterocycles. The third-order valence-electron chi connectivity index (χ3n) is 2.80. The van der Waals surface area contributed by atoms with Crippen molar-refractivity contribution in [2.24, 2.45) is 0 Å². The van der Waals surface area contributed by atoms with Gasteiger partial charge in [0.25, 0.3) is 0 Å². The quantitative estimate of drug-likeness (QED) is 0.780. The molecule has 0 aromatic heterocycles. The average molecular weight is 246 g/mol. The summed E-state index contributed by atoms with van der Waals surface area (Å²) in [6.45, 7) is 7.51. The molecule has 0 aliphatic carbocycles. The van der Waals surface area contributed by atoms with Crippen molar-refractivity contribution in [3.8, 4) is 0 Å². The van der Waals surface area contributed by atoms with E-state index >= 15 is 0 Å². The molecule has 96 valence electrons. The van der Waals surface area contributed by atoms with E-state index in [0.29, 0.717) is 6.10 Å². The van der Waals surface area contributed by atoms with Crippen LogP contribution in [0.1, 0.15) is 52.9 Å². The van der Waals surface area contributed by atoms with Gasteiger partial charge in [-0.15, -0.1) is 0 Å². The topological polar surface area (TPSA) is 29.5 Å². The van der Waals surface area contributed by atoms with Gasteiger partial charge in [-0.3, -0.25) is 0 Å².